The summed E-state index contributed by atoms with van der Waals surface area (Å²) in [6, 6.07) is 8.57. The van der Waals surface area contributed by atoms with Gasteiger partial charge in [0.05, 0.1) is 10.6 Å². The molecule has 27 heavy (non-hydrogen) atoms. The summed E-state index contributed by atoms with van der Waals surface area (Å²) in [4.78, 5) is 12.5. The van der Waals surface area contributed by atoms with Gasteiger partial charge in [-0.2, -0.15) is 4.31 Å². The number of hydrogen-bond donors (Lipinski definition) is 2. The van der Waals surface area contributed by atoms with E-state index in [1.165, 1.54) is 28.6 Å². The van der Waals surface area contributed by atoms with E-state index in [1.807, 2.05) is 0 Å². The first kappa shape index (κ1) is 17.6. The van der Waals surface area contributed by atoms with Gasteiger partial charge in [0, 0.05) is 18.7 Å². The van der Waals surface area contributed by atoms with Crippen molar-refractivity contribution in [1.29, 1.82) is 0 Å². The average Bonchev–Trinajstić information content (AvgIpc) is 3.34. The molecule has 142 valence electrons. The third-order valence-electron chi connectivity index (χ3n) is 4.55. The van der Waals surface area contributed by atoms with E-state index >= 15 is 0 Å². The molecule has 0 saturated carbocycles. The summed E-state index contributed by atoms with van der Waals surface area (Å²) in [5.74, 6) is 0.286. The molecule has 4 rings (SSSR count). The van der Waals surface area contributed by atoms with Crippen LogP contribution in [0.5, 0.6) is 17.2 Å². The fourth-order valence-corrected chi connectivity index (χ4v) is 4.63. The summed E-state index contributed by atoms with van der Waals surface area (Å²) in [7, 11) is -3.65. The molecular weight excluding hydrogens is 372 g/mol. The maximum absolute atomic E-state index is 12.7. The largest absolute Gasteiger partial charge is 0.506 e. The van der Waals surface area contributed by atoms with Crippen molar-refractivity contribution in [2.75, 3.05) is 25.2 Å². The smallest absolute Gasteiger partial charge is 0.255 e. The van der Waals surface area contributed by atoms with Crippen molar-refractivity contribution in [3.8, 4) is 17.2 Å². The zero-order valence-electron chi connectivity index (χ0n) is 14.3. The van der Waals surface area contributed by atoms with E-state index in [-0.39, 0.29) is 23.1 Å². The second-order valence-corrected chi connectivity index (χ2v) is 8.25. The fraction of sp³-hybridized carbons (Fsp3) is 0.278. The standard InChI is InChI=1S/C18H18N2O6S/c21-15-5-4-13(27(23,24)20-7-1-2-8-20)10-14(15)19-18(22)12-3-6-16-17(9-12)26-11-25-16/h3-6,9-10,21H,1-2,7-8,11H2,(H,19,22). The first-order valence-electron chi connectivity index (χ1n) is 8.49. The lowest BCUT2D eigenvalue weighted by molar-refractivity contribution is 0.102. The summed E-state index contributed by atoms with van der Waals surface area (Å²) >= 11 is 0. The van der Waals surface area contributed by atoms with Gasteiger partial charge >= 0.3 is 0 Å². The third kappa shape index (κ3) is 3.31. The minimum atomic E-state index is -3.65. The Kier molecular flexibility index (Phi) is 4.40. The highest BCUT2D eigenvalue weighted by Crippen LogP contribution is 2.33. The van der Waals surface area contributed by atoms with Crippen LogP contribution in [0.4, 0.5) is 5.69 Å². The summed E-state index contributed by atoms with van der Waals surface area (Å²) in [5.41, 5.74) is 0.324. The molecule has 2 aliphatic heterocycles. The van der Waals surface area contributed by atoms with E-state index in [9.17, 15) is 18.3 Å². The molecule has 2 aliphatic rings. The predicted molar refractivity (Wildman–Crippen MR) is 96.6 cm³/mol. The maximum atomic E-state index is 12.7. The molecule has 0 aliphatic carbocycles. The Labute approximate surface area is 156 Å². The highest BCUT2D eigenvalue weighted by molar-refractivity contribution is 7.89. The van der Waals surface area contributed by atoms with Crippen LogP contribution in [0, 0.1) is 0 Å². The van der Waals surface area contributed by atoms with Gasteiger partial charge in [-0.15, -0.1) is 0 Å². The van der Waals surface area contributed by atoms with E-state index in [1.54, 1.807) is 12.1 Å². The molecule has 0 atom stereocenters. The number of fused-ring (bicyclic) bond motifs is 1. The van der Waals surface area contributed by atoms with Crippen molar-refractivity contribution in [3.05, 3.63) is 42.0 Å². The number of phenolic OH excluding ortho intramolecular Hbond substituents is 1. The molecule has 1 saturated heterocycles. The SMILES string of the molecule is O=C(Nc1cc(S(=O)(=O)N2CCCC2)ccc1O)c1ccc2c(c1)OCO2. The number of carbonyl (C=O) groups is 1. The molecule has 2 aromatic carbocycles. The van der Waals surface area contributed by atoms with Gasteiger partial charge in [-0.25, -0.2) is 8.42 Å². The molecular formula is C18H18N2O6S. The molecule has 0 bridgehead atoms. The highest BCUT2D eigenvalue weighted by Gasteiger charge is 2.28. The fourth-order valence-electron chi connectivity index (χ4n) is 3.09. The predicted octanol–water partition coefficient (Wildman–Crippen LogP) is 2.16. The molecule has 2 aromatic rings. The Hall–Kier alpha value is -2.78. The summed E-state index contributed by atoms with van der Waals surface area (Å²) < 4.78 is 37.2. The first-order chi connectivity index (χ1) is 12.9. The van der Waals surface area contributed by atoms with Crippen LogP contribution in [0.1, 0.15) is 23.2 Å². The Morgan fingerprint density at radius 2 is 1.78 bits per heavy atom. The first-order valence-corrected chi connectivity index (χ1v) is 9.93. The Bertz CT molecular complexity index is 999. The van der Waals surface area contributed by atoms with Gasteiger partial charge < -0.3 is 19.9 Å². The molecule has 2 N–H and O–H groups in total. The van der Waals surface area contributed by atoms with Crippen molar-refractivity contribution in [2.24, 2.45) is 0 Å². The van der Waals surface area contributed by atoms with Gasteiger partial charge in [-0.3, -0.25) is 4.79 Å². The number of phenols is 1. The number of amides is 1. The molecule has 1 amide bonds. The highest BCUT2D eigenvalue weighted by atomic mass is 32.2. The van der Waals surface area contributed by atoms with Crippen LogP contribution in [-0.4, -0.2) is 43.6 Å². The van der Waals surface area contributed by atoms with Crippen LogP contribution in [0.3, 0.4) is 0 Å². The molecule has 9 heteroatoms. The lowest BCUT2D eigenvalue weighted by Gasteiger charge is -2.16. The third-order valence-corrected chi connectivity index (χ3v) is 6.45. The number of ether oxygens (including phenoxy) is 2. The zero-order chi connectivity index (χ0) is 19.0. The van der Waals surface area contributed by atoms with Gasteiger partial charge in [0.15, 0.2) is 11.5 Å². The molecule has 1 fully saturated rings. The van der Waals surface area contributed by atoms with E-state index < -0.39 is 15.9 Å². The molecule has 8 nitrogen and oxygen atoms in total. The molecule has 0 aromatic heterocycles. The van der Waals surface area contributed by atoms with Crippen molar-refractivity contribution >= 4 is 21.6 Å². The van der Waals surface area contributed by atoms with Crippen LogP contribution in [0.2, 0.25) is 0 Å². The second kappa shape index (κ2) is 6.75. The number of nitrogens with one attached hydrogen (secondary N) is 1. The van der Waals surface area contributed by atoms with Crippen molar-refractivity contribution in [1.82, 2.24) is 4.31 Å². The molecule has 0 unspecified atom stereocenters. The van der Waals surface area contributed by atoms with Crippen molar-refractivity contribution in [3.63, 3.8) is 0 Å². The topological polar surface area (TPSA) is 105 Å². The minimum Gasteiger partial charge on any atom is -0.506 e. The number of rotatable bonds is 4. The number of nitrogens with zero attached hydrogens (tertiary/aromatic N) is 1. The quantitative estimate of drug-likeness (QED) is 0.775. The van der Waals surface area contributed by atoms with Crippen LogP contribution in [0.25, 0.3) is 0 Å². The number of benzene rings is 2. The molecule has 0 radical (unpaired) electrons. The van der Waals surface area contributed by atoms with Crippen molar-refractivity contribution < 1.29 is 27.8 Å². The number of carbonyl (C=O) groups excluding carboxylic acids is 1. The zero-order valence-corrected chi connectivity index (χ0v) is 15.2. The number of hydrogen-bond acceptors (Lipinski definition) is 6. The van der Waals surface area contributed by atoms with E-state index in [4.69, 9.17) is 9.47 Å². The van der Waals surface area contributed by atoms with Crippen LogP contribution in [0.15, 0.2) is 41.3 Å². The van der Waals surface area contributed by atoms with Gasteiger partial charge in [0.2, 0.25) is 16.8 Å². The monoisotopic (exact) mass is 390 g/mol. The minimum absolute atomic E-state index is 0.0259. The van der Waals surface area contributed by atoms with Crippen molar-refractivity contribution in [2.45, 2.75) is 17.7 Å². The lowest BCUT2D eigenvalue weighted by atomic mass is 10.2. The van der Waals surface area contributed by atoms with Crippen LogP contribution >= 0.6 is 0 Å². The van der Waals surface area contributed by atoms with Gasteiger partial charge in [0.25, 0.3) is 5.91 Å². The van der Waals surface area contributed by atoms with Crippen LogP contribution in [-0.2, 0) is 10.0 Å². The average molecular weight is 390 g/mol. The van der Waals surface area contributed by atoms with E-state index in [0.717, 1.165) is 12.8 Å². The number of anilines is 1. The van der Waals surface area contributed by atoms with Gasteiger partial charge in [-0.1, -0.05) is 0 Å². The Balaban J connectivity index is 1.59. The normalized spacial score (nSPS) is 16.4. The van der Waals surface area contributed by atoms with Gasteiger partial charge in [-0.05, 0) is 49.2 Å². The van der Waals surface area contributed by atoms with E-state index in [0.29, 0.717) is 30.2 Å². The Morgan fingerprint density at radius 3 is 2.56 bits per heavy atom. The summed E-state index contributed by atoms with van der Waals surface area (Å²) in [6.07, 6.45) is 1.65. The Morgan fingerprint density at radius 1 is 1.04 bits per heavy atom. The lowest BCUT2D eigenvalue weighted by Crippen LogP contribution is -2.28. The van der Waals surface area contributed by atoms with Crippen LogP contribution < -0.4 is 14.8 Å². The molecule has 2 heterocycles. The second-order valence-electron chi connectivity index (χ2n) is 6.31. The van der Waals surface area contributed by atoms with E-state index in [2.05, 4.69) is 5.32 Å². The molecule has 0 spiro atoms. The summed E-state index contributed by atoms with van der Waals surface area (Å²) in [5, 5.41) is 12.6. The number of aromatic hydroxyl groups is 1. The maximum Gasteiger partial charge on any atom is 0.255 e. The number of sulfonamides is 1. The van der Waals surface area contributed by atoms with Gasteiger partial charge in [0.1, 0.15) is 5.75 Å². The summed E-state index contributed by atoms with van der Waals surface area (Å²) in [6.45, 7) is 1.04.